The van der Waals surface area contributed by atoms with E-state index in [0.717, 1.165) is 17.4 Å². The monoisotopic (exact) mass is 227 g/mol. The number of hydrogen-bond acceptors (Lipinski definition) is 4. The number of aldehydes is 1. The van der Waals surface area contributed by atoms with Crippen LogP contribution >= 0.6 is 0 Å². The number of fused-ring (bicyclic) bond motifs is 1. The second-order valence-electron chi connectivity index (χ2n) is 3.73. The number of nitrogens with zero attached hydrogens (tertiary/aromatic N) is 2. The number of aromatic nitrogens is 3. The maximum Gasteiger partial charge on any atom is 0.192 e. The number of carbonyl (C=O) groups is 1. The predicted octanol–water partition coefficient (Wildman–Crippen LogP) is 2.34. The van der Waals surface area contributed by atoms with Crippen LogP contribution in [0, 0.1) is 6.92 Å². The molecule has 3 rings (SSSR count). The van der Waals surface area contributed by atoms with Gasteiger partial charge in [-0.1, -0.05) is 6.07 Å². The van der Waals surface area contributed by atoms with Gasteiger partial charge in [0.1, 0.15) is 5.52 Å². The molecular formula is C12H9N3O2. The van der Waals surface area contributed by atoms with Gasteiger partial charge in [0.05, 0.1) is 17.5 Å². The molecule has 5 heteroatoms. The highest BCUT2D eigenvalue weighted by Gasteiger charge is 2.09. The number of H-pyrrole nitrogens is 1. The van der Waals surface area contributed by atoms with Crippen molar-refractivity contribution in [2.75, 3.05) is 0 Å². The second kappa shape index (κ2) is 3.55. The molecule has 2 heterocycles. The van der Waals surface area contributed by atoms with Crippen molar-refractivity contribution < 1.29 is 9.21 Å². The first-order valence-electron chi connectivity index (χ1n) is 5.14. The molecule has 0 radical (unpaired) electrons. The molecule has 0 spiro atoms. The molecule has 0 saturated carbocycles. The summed E-state index contributed by atoms with van der Waals surface area (Å²) < 4.78 is 5.45. The van der Waals surface area contributed by atoms with Crippen molar-refractivity contribution >= 4 is 17.4 Å². The zero-order valence-electron chi connectivity index (χ0n) is 9.10. The molecule has 2 aromatic heterocycles. The molecule has 3 aromatic rings. The molecule has 0 aliphatic carbocycles. The highest BCUT2D eigenvalue weighted by atomic mass is 16.3. The van der Waals surface area contributed by atoms with Gasteiger partial charge in [0, 0.05) is 12.5 Å². The zero-order chi connectivity index (χ0) is 11.8. The summed E-state index contributed by atoms with van der Waals surface area (Å²) in [5, 5.41) is 6.65. The predicted molar refractivity (Wildman–Crippen MR) is 61.7 cm³/mol. The number of oxazole rings is 1. The van der Waals surface area contributed by atoms with Crippen molar-refractivity contribution in [3.8, 4) is 11.3 Å². The van der Waals surface area contributed by atoms with E-state index in [2.05, 4.69) is 15.2 Å². The fraction of sp³-hybridized carbons (Fsp3) is 0.0833. The van der Waals surface area contributed by atoms with Gasteiger partial charge in [-0.2, -0.15) is 5.10 Å². The molecule has 0 aliphatic heterocycles. The maximum atomic E-state index is 10.8. The van der Waals surface area contributed by atoms with Crippen molar-refractivity contribution in [1.29, 1.82) is 0 Å². The number of aromatic amines is 1. The Hall–Kier alpha value is -2.43. The lowest BCUT2D eigenvalue weighted by Gasteiger charge is -1.97. The lowest BCUT2D eigenvalue weighted by molar-refractivity contribution is 0.112. The third-order valence-electron chi connectivity index (χ3n) is 2.58. The van der Waals surface area contributed by atoms with Crippen LogP contribution in [0.25, 0.3) is 22.4 Å². The minimum Gasteiger partial charge on any atom is -0.441 e. The average molecular weight is 227 g/mol. The minimum atomic E-state index is 0.528. The van der Waals surface area contributed by atoms with Crippen molar-refractivity contribution in [2.24, 2.45) is 0 Å². The summed E-state index contributed by atoms with van der Waals surface area (Å²) in [6.07, 6.45) is 2.27. The Kier molecular flexibility index (Phi) is 2.04. The summed E-state index contributed by atoms with van der Waals surface area (Å²) in [5.74, 6) is 0.623. The number of hydrogen-bond donors (Lipinski definition) is 1. The molecule has 1 N–H and O–H groups in total. The summed E-state index contributed by atoms with van der Waals surface area (Å²) >= 11 is 0. The summed E-state index contributed by atoms with van der Waals surface area (Å²) in [4.78, 5) is 15.0. The molecule has 0 fully saturated rings. The van der Waals surface area contributed by atoms with Gasteiger partial charge in [0.2, 0.25) is 0 Å². The van der Waals surface area contributed by atoms with Gasteiger partial charge in [-0.15, -0.1) is 0 Å². The Labute approximate surface area is 96.5 Å². The molecule has 0 saturated heterocycles. The van der Waals surface area contributed by atoms with E-state index in [-0.39, 0.29) is 0 Å². The fourth-order valence-electron chi connectivity index (χ4n) is 1.81. The van der Waals surface area contributed by atoms with E-state index in [0.29, 0.717) is 22.7 Å². The lowest BCUT2D eigenvalue weighted by Crippen LogP contribution is -1.83. The number of rotatable bonds is 2. The lowest BCUT2D eigenvalue weighted by atomic mass is 10.1. The van der Waals surface area contributed by atoms with Crippen molar-refractivity contribution in [2.45, 2.75) is 6.92 Å². The van der Waals surface area contributed by atoms with Crippen molar-refractivity contribution in [1.82, 2.24) is 15.2 Å². The van der Waals surface area contributed by atoms with E-state index >= 15 is 0 Å². The molecule has 84 valence electrons. The van der Waals surface area contributed by atoms with Gasteiger partial charge in [0.25, 0.3) is 0 Å². The van der Waals surface area contributed by atoms with Gasteiger partial charge in [-0.3, -0.25) is 9.89 Å². The average Bonchev–Trinajstić information content (AvgIpc) is 2.91. The Balaban J connectivity index is 2.20. The van der Waals surface area contributed by atoms with Gasteiger partial charge >= 0.3 is 0 Å². The molecule has 5 nitrogen and oxygen atoms in total. The summed E-state index contributed by atoms with van der Waals surface area (Å²) in [7, 11) is 0. The molecule has 17 heavy (non-hydrogen) atoms. The van der Waals surface area contributed by atoms with Crippen LogP contribution in [0.15, 0.2) is 28.8 Å². The van der Waals surface area contributed by atoms with Crippen LogP contribution in [-0.2, 0) is 0 Å². The van der Waals surface area contributed by atoms with Gasteiger partial charge in [-0.25, -0.2) is 4.98 Å². The van der Waals surface area contributed by atoms with Gasteiger partial charge < -0.3 is 4.42 Å². The van der Waals surface area contributed by atoms with Crippen LogP contribution in [0.3, 0.4) is 0 Å². The number of benzene rings is 1. The van der Waals surface area contributed by atoms with Crippen LogP contribution in [-0.4, -0.2) is 21.5 Å². The number of aryl methyl sites for hydroxylation is 1. The Bertz CT molecular complexity index is 697. The van der Waals surface area contributed by atoms with Gasteiger partial charge in [-0.05, 0) is 12.1 Å². The third-order valence-corrected chi connectivity index (χ3v) is 2.58. The van der Waals surface area contributed by atoms with E-state index in [1.54, 1.807) is 6.92 Å². The molecule has 0 atom stereocenters. The maximum absolute atomic E-state index is 10.8. The topological polar surface area (TPSA) is 71.8 Å². The third kappa shape index (κ3) is 1.52. The SMILES string of the molecule is Cc1nc2ccc(-c3[nH]ncc3C=O)cc2o1. The fourth-order valence-corrected chi connectivity index (χ4v) is 1.81. The highest BCUT2D eigenvalue weighted by Crippen LogP contribution is 2.25. The van der Waals surface area contributed by atoms with Crippen LogP contribution in [0.5, 0.6) is 0 Å². The van der Waals surface area contributed by atoms with Crippen molar-refractivity contribution in [3.63, 3.8) is 0 Å². The molecule has 0 unspecified atom stereocenters. The standard InChI is InChI=1S/C12H9N3O2/c1-7-14-10-3-2-8(4-11(10)17-7)12-9(6-16)5-13-15-12/h2-6H,1H3,(H,13,15). The van der Waals surface area contributed by atoms with E-state index in [4.69, 9.17) is 4.42 Å². The summed E-state index contributed by atoms with van der Waals surface area (Å²) in [5.41, 5.74) is 3.58. The largest absolute Gasteiger partial charge is 0.441 e. The van der Waals surface area contributed by atoms with Crippen LogP contribution in [0.4, 0.5) is 0 Å². The van der Waals surface area contributed by atoms with Crippen LogP contribution in [0.2, 0.25) is 0 Å². The summed E-state index contributed by atoms with van der Waals surface area (Å²) in [6.45, 7) is 1.80. The van der Waals surface area contributed by atoms with Crippen LogP contribution < -0.4 is 0 Å². The number of nitrogens with one attached hydrogen (secondary N) is 1. The zero-order valence-corrected chi connectivity index (χ0v) is 9.10. The normalized spacial score (nSPS) is 10.9. The summed E-state index contributed by atoms with van der Waals surface area (Å²) in [6, 6.07) is 5.58. The molecule has 0 bridgehead atoms. The first kappa shape index (κ1) is 9.77. The first-order valence-corrected chi connectivity index (χ1v) is 5.14. The molecule has 0 aliphatic rings. The Morgan fingerprint density at radius 2 is 2.29 bits per heavy atom. The molecule has 1 aromatic carbocycles. The molecule has 0 amide bonds. The van der Waals surface area contributed by atoms with E-state index in [9.17, 15) is 4.79 Å². The smallest absolute Gasteiger partial charge is 0.192 e. The van der Waals surface area contributed by atoms with Crippen LogP contribution in [0.1, 0.15) is 16.2 Å². The molecular weight excluding hydrogens is 218 g/mol. The van der Waals surface area contributed by atoms with Crippen molar-refractivity contribution in [3.05, 3.63) is 35.9 Å². The van der Waals surface area contributed by atoms with E-state index < -0.39 is 0 Å². The Morgan fingerprint density at radius 3 is 3.12 bits per heavy atom. The quantitative estimate of drug-likeness (QED) is 0.682. The number of carbonyl (C=O) groups excluding carboxylic acids is 1. The minimum absolute atomic E-state index is 0.528. The highest BCUT2D eigenvalue weighted by molar-refractivity contribution is 5.88. The van der Waals surface area contributed by atoms with Gasteiger partial charge in [0.15, 0.2) is 17.8 Å². The van der Waals surface area contributed by atoms with E-state index in [1.807, 2.05) is 18.2 Å². The first-order chi connectivity index (χ1) is 8.28. The Morgan fingerprint density at radius 1 is 1.41 bits per heavy atom. The van der Waals surface area contributed by atoms with E-state index in [1.165, 1.54) is 6.20 Å². The second-order valence-corrected chi connectivity index (χ2v) is 3.73.